The van der Waals surface area contributed by atoms with E-state index in [1.54, 1.807) is 12.1 Å². The van der Waals surface area contributed by atoms with Crippen molar-refractivity contribution in [2.75, 3.05) is 25.1 Å². The number of ether oxygens (including phenoxy) is 2. The molecule has 3 rings (SSSR count). The highest BCUT2D eigenvalue weighted by Gasteiger charge is 2.29. The van der Waals surface area contributed by atoms with Gasteiger partial charge < -0.3 is 19.2 Å². The van der Waals surface area contributed by atoms with E-state index < -0.39 is 28.3 Å². The third kappa shape index (κ3) is 5.14. The van der Waals surface area contributed by atoms with Gasteiger partial charge in [-0.1, -0.05) is 11.6 Å². The number of hydrogen-bond acceptors (Lipinski definition) is 6. The van der Waals surface area contributed by atoms with E-state index in [9.17, 15) is 17.6 Å². The van der Waals surface area contributed by atoms with Crippen LogP contribution in [0.1, 0.15) is 5.76 Å². The first-order valence-electron chi connectivity index (χ1n) is 9.25. The largest absolute Gasteiger partial charge is 0.493 e. The summed E-state index contributed by atoms with van der Waals surface area (Å²) < 4.78 is 56.9. The van der Waals surface area contributed by atoms with Crippen molar-refractivity contribution in [1.82, 2.24) is 5.32 Å². The number of carbonyl (C=O) groups excluding carboxylic acids is 1. The van der Waals surface area contributed by atoms with Crippen molar-refractivity contribution in [2.24, 2.45) is 0 Å². The number of sulfonamides is 1. The Morgan fingerprint density at radius 1 is 1.12 bits per heavy atom. The minimum atomic E-state index is -4.28. The van der Waals surface area contributed by atoms with Gasteiger partial charge in [0.1, 0.15) is 18.1 Å². The molecule has 0 aliphatic rings. The number of benzene rings is 2. The van der Waals surface area contributed by atoms with Crippen molar-refractivity contribution < 1.29 is 31.5 Å². The number of nitrogens with zero attached hydrogens (tertiary/aromatic N) is 1. The van der Waals surface area contributed by atoms with Crippen molar-refractivity contribution in [1.29, 1.82) is 0 Å². The van der Waals surface area contributed by atoms with E-state index in [1.807, 2.05) is 0 Å². The SMILES string of the molecule is COc1ccc(S(=O)(=O)N(CC(=O)NCc2ccco2)c2ccc(F)c(Cl)c2)cc1OC. The van der Waals surface area contributed by atoms with Gasteiger partial charge in [0.15, 0.2) is 11.5 Å². The highest BCUT2D eigenvalue weighted by atomic mass is 35.5. The quantitative estimate of drug-likeness (QED) is 0.500. The van der Waals surface area contributed by atoms with E-state index in [0.717, 1.165) is 16.4 Å². The van der Waals surface area contributed by atoms with E-state index in [0.29, 0.717) is 11.5 Å². The van der Waals surface area contributed by atoms with Crippen LogP contribution in [0.3, 0.4) is 0 Å². The zero-order chi connectivity index (χ0) is 23.3. The van der Waals surface area contributed by atoms with Crippen molar-refractivity contribution in [3.05, 3.63) is 71.4 Å². The number of carbonyl (C=O) groups is 1. The predicted molar refractivity (Wildman–Crippen MR) is 116 cm³/mol. The van der Waals surface area contributed by atoms with Crippen LogP contribution in [0.2, 0.25) is 5.02 Å². The molecule has 0 atom stereocenters. The number of nitrogens with one attached hydrogen (secondary N) is 1. The predicted octanol–water partition coefficient (Wildman–Crippen LogP) is 3.60. The van der Waals surface area contributed by atoms with Crippen LogP contribution in [0.15, 0.2) is 64.1 Å². The van der Waals surface area contributed by atoms with Crippen LogP contribution in [0, 0.1) is 5.82 Å². The summed E-state index contributed by atoms with van der Waals surface area (Å²) in [6.45, 7) is -0.514. The molecule has 1 aromatic heterocycles. The van der Waals surface area contributed by atoms with E-state index in [1.165, 1.54) is 44.7 Å². The highest BCUT2D eigenvalue weighted by molar-refractivity contribution is 7.92. The van der Waals surface area contributed by atoms with Crippen molar-refractivity contribution in [3.8, 4) is 11.5 Å². The van der Waals surface area contributed by atoms with Crippen LogP contribution in [0.25, 0.3) is 0 Å². The second-order valence-corrected chi connectivity index (χ2v) is 8.75. The molecule has 0 aliphatic heterocycles. The normalized spacial score (nSPS) is 11.1. The molecule has 170 valence electrons. The maximum Gasteiger partial charge on any atom is 0.264 e. The summed E-state index contributed by atoms with van der Waals surface area (Å²) >= 11 is 5.86. The first-order chi connectivity index (χ1) is 15.3. The Labute approximate surface area is 189 Å². The second kappa shape index (κ2) is 9.92. The Bertz CT molecular complexity index is 1200. The average Bonchev–Trinajstić information content (AvgIpc) is 3.31. The van der Waals surface area contributed by atoms with Gasteiger partial charge in [0, 0.05) is 6.07 Å². The van der Waals surface area contributed by atoms with Gasteiger partial charge in [0.2, 0.25) is 5.91 Å². The summed E-state index contributed by atoms with van der Waals surface area (Å²) in [7, 11) is -1.49. The molecule has 11 heteroatoms. The molecule has 0 fully saturated rings. The molecular formula is C21H20ClFN2O6S. The number of methoxy groups -OCH3 is 2. The summed E-state index contributed by atoms with van der Waals surface area (Å²) in [5.74, 6) is -0.309. The lowest BCUT2D eigenvalue weighted by Crippen LogP contribution is -2.40. The lowest BCUT2D eigenvalue weighted by Gasteiger charge is -2.24. The van der Waals surface area contributed by atoms with E-state index in [4.69, 9.17) is 25.5 Å². The lowest BCUT2D eigenvalue weighted by molar-refractivity contribution is -0.119. The fourth-order valence-electron chi connectivity index (χ4n) is 2.84. The molecule has 32 heavy (non-hydrogen) atoms. The minimum absolute atomic E-state index is 0.0133. The van der Waals surface area contributed by atoms with Crippen LogP contribution in [0.4, 0.5) is 10.1 Å². The monoisotopic (exact) mass is 482 g/mol. The smallest absolute Gasteiger partial charge is 0.264 e. The number of halogens is 2. The first kappa shape index (κ1) is 23.4. The Morgan fingerprint density at radius 3 is 2.50 bits per heavy atom. The molecule has 1 amide bonds. The second-order valence-electron chi connectivity index (χ2n) is 6.48. The molecule has 1 N–H and O–H groups in total. The highest BCUT2D eigenvalue weighted by Crippen LogP contribution is 2.33. The van der Waals surface area contributed by atoms with Gasteiger partial charge in [0.05, 0.1) is 42.6 Å². The molecule has 0 saturated carbocycles. The first-order valence-corrected chi connectivity index (χ1v) is 11.1. The zero-order valence-corrected chi connectivity index (χ0v) is 18.7. The summed E-state index contributed by atoms with van der Waals surface area (Å²) in [5.41, 5.74) is 0.0133. The van der Waals surface area contributed by atoms with Gasteiger partial charge in [-0.25, -0.2) is 12.8 Å². The molecule has 0 spiro atoms. The summed E-state index contributed by atoms with van der Waals surface area (Å²) in [6, 6.07) is 10.7. The lowest BCUT2D eigenvalue weighted by atomic mass is 10.3. The standard InChI is InChI=1S/C21H20ClFN2O6S/c1-29-19-8-6-16(11-20(19)30-2)32(27,28)25(14-5-7-18(23)17(22)10-14)13-21(26)24-12-15-4-3-9-31-15/h3-11H,12-13H2,1-2H3,(H,24,26). The van der Waals surface area contributed by atoms with Crippen LogP contribution in [-0.2, 0) is 21.4 Å². The van der Waals surface area contributed by atoms with Crippen molar-refractivity contribution in [2.45, 2.75) is 11.4 Å². The Morgan fingerprint density at radius 2 is 1.88 bits per heavy atom. The Hall–Kier alpha value is -3.24. The number of furan rings is 1. The number of rotatable bonds is 9. The maximum atomic E-state index is 13.7. The fourth-order valence-corrected chi connectivity index (χ4v) is 4.45. The molecule has 8 nitrogen and oxygen atoms in total. The maximum absolute atomic E-state index is 13.7. The number of amides is 1. The molecule has 2 aromatic carbocycles. The van der Waals surface area contributed by atoms with Gasteiger partial charge in [-0.05, 0) is 42.5 Å². The minimum Gasteiger partial charge on any atom is -0.493 e. The van der Waals surface area contributed by atoms with Gasteiger partial charge in [-0.2, -0.15) is 0 Å². The molecule has 0 unspecified atom stereocenters. The molecule has 0 aliphatic carbocycles. The third-order valence-corrected chi connectivity index (χ3v) is 6.52. The van der Waals surface area contributed by atoms with Gasteiger partial charge in [-0.15, -0.1) is 0 Å². The molecule has 1 heterocycles. The number of hydrogen-bond donors (Lipinski definition) is 1. The molecule has 0 saturated heterocycles. The average molecular weight is 483 g/mol. The molecule has 0 radical (unpaired) electrons. The van der Waals surface area contributed by atoms with Gasteiger partial charge >= 0.3 is 0 Å². The molecule has 0 bridgehead atoms. The van der Waals surface area contributed by atoms with Crippen molar-refractivity contribution >= 4 is 33.2 Å². The van der Waals surface area contributed by atoms with E-state index >= 15 is 0 Å². The van der Waals surface area contributed by atoms with Crippen LogP contribution < -0.4 is 19.1 Å². The fraction of sp³-hybridized carbons (Fsp3) is 0.190. The van der Waals surface area contributed by atoms with Gasteiger partial charge in [-0.3, -0.25) is 9.10 Å². The summed E-state index contributed by atoms with van der Waals surface area (Å²) in [4.78, 5) is 12.4. The zero-order valence-electron chi connectivity index (χ0n) is 17.2. The van der Waals surface area contributed by atoms with Crippen LogP contribution in [0.5, 0.6) is 11.5 Å². The Kier molecular flexibility index (Phi) is 7.26. The van der Waals surface area contributed by atoms with E-state index in [2.05, 4.69) is 5.32 Å². The Balaban J connectivity index is 1.97. The van der Waals surface area contributed by atoms with Crippen LogP contribution >= 0.6 is 11.6 Å². The number of anilines is 1. The summed E-state index contributed by atoms with van der Waals surface area (Å²) in [6.07, 6.45) is 1.45. The van der Waals surface area contributed by atoms with E-state index in [-0.39, 0.29) is 27.9 Å². The molecular weight excluding hydrogens is 463 g/mol. The van der Waals surface area contributed by atoms with Gasteiger partial charge in [0.25, 0.3) is 10.0 Å². The molecule has 3 aromatic rings. The third-order valence-electron chi connectivity index (χ3n) is 4.46. The van der Waals surface area contributed by atoms with Crippen LogP contribution in [-0.4, -0.2) is 35.1 Å². The summed E-state index contributed by atoms with van der Waals surface area (Å²) in [5, 5.41) is 2.30. The topological polar surface area (TPSA) is 98.1 Å². The van der Waals surface area contributed by atoms with Crippen molar-refractivity contribution in [3.63, 3.8) is 0 Å².